The summed E-state index contributed by atoms with van der Waals surface area (Å²) in [5, 5.41) is 9.78. The van der Waals surface area contributed by atoms with E-state index in [9.17, 15) is 23.1 Å². The summed E-state index contributed by atoms with van der Waals surface area (Å²) in [6.07, 6.45) is -6.35. The first-order valence-corrected chi connectivity index (χ1v) is 5.66. The van der Waals surface area contributed by atoms with E-state index < -0.39 is 24.7 Å². The highest BCUT2D eigenvalue weighted by Gasteiger charge is 2.38. The average molecular weight is 271 g/mol. The van der Waals surface area contributed by atoms with Gasteiger partial charge in [0, 0.05) is 12.6 Å². The van der Waals surface area contributed by atoms with Crippen molar-refractivity contribution in [3.05, 3.63) is 47.5 Å². The highest BCUT2D eigenvalue weighted by Crippen LogP contribution is 2.31. The molecule has 6 heteroatoms. The van der Waals surface area contributed by atoms with Gasteiger partial charge in [0.25, 0.3) is 0 Å². The Balaban J connectivity index is 2.08. The van der Waals surface area contributed by atoms with E-state index in [0.29, 0.717) is 0 Å². The van der Waals surface area contributed by atoms with Crippen molar-refractivity contribution in [3.8, 4) is 0 Å². The summed E-state index contributed by atoms with van der Waals surface area (Å²) in [5.41, 5.74) is 0.435. The first-order chi connectivity index (χ1) is 8.87. The molecule has 2 rings (SSSR count). The molecule has 0 bridgehead atoms. The van der Waals surface area contributed by atoms with Crippen molar-refractivity contribution in [2.75, 3.05) is 0 Å². The summed E-state index contributed by atoms with van der Waals surface area (Å²) in [5.74, 6) is -0.601. The first kappa shape index (κ1) is 13.6. The third-order valence-electron chi connectivity index (χ3n) is 2.82. The Kier molecular flexibility index (Phi) is 3.61. The molecule has 1 aromatic rings. The maximum atomic E-state index is 12.3. The predicted molar refractivity (Wildman–Crippen MR) is 61.8 cm³/mol. The predicted octanol–water partition coefficient (Wildman–Crippen LogP) is 2.23. The van der Waals surface area contributed by atoms with Crippen molar-refractivity contribution in [2.45, 2.75) is 25.4 Å². The topological polar surface area (TPSA) is 40.5 Å². The van der Waals surface area contributed by atoms with Gasteiger partial charge in [-0.1, -0.05) is 30.3 Å². The number of hydrogen-bond acceptors (Lipinski definition) is 2. The van der Waals surface area contributed by atoms with Crippen LogP contribution in [0.25, 0.3) is 0 Å². The van der Waals surface area contributed by atoms with Crippen LogP contribution in [0.15, 0.2) is 42.0 Å². The van der Waals surface area contributed by atoms with Crippen LogP contribution in [0.3, 0.4) is 0 Å². The molecule has 1 unspecified atom stereocenters. The summed E-state index contributed by atoms with van der Waals surface area (Å²) >= 11 is 0. The zero-order valence-corrected chi connectivity index (χ0v) is 9.89. The molecule has 0 radical (unpaired) electrons. The van der Waals surface area contributed by atoms with Crippen LogP contribution >= 0.6 is 0 Å². The van der Waals surface area contributed by atoms with Gasteiger partial charge in [0.15, 0.2) is 6.23 Å². The van der Waals surface area contributed by atoms with E-state index in [-0.39, 0.29) is 12.1 Å². The number of aliphatic hydroxyl groups excluding tert-OH is 1. The molecule has 0 saturated carbocycles. The Morgan fingerprint density at radius 3 is 2.42 bits per heavy atom. The van der Waals surface area contributed by atoms with Gasteiger partial charge in [-0.25, -0.2) is 0 Å². The summed E-state index contributed by atoms with van der Waals surface area (Å²) < 4.78 is 36.8. The minimum absolute atomic E-state index is 0.0820. The molecule has 1 aromatic carbocycles. The molecule has 0 spiro atoms. The largest absolute Gasteiger partial charge is 0.392 e. The monoisotopic (exact) mass is 271 g/mol. The zero-order valence-electron chi connectivity index (χ0n) is 9.89. The average Bonchev–Trinajstić information content (AvgIpc) is 2.56. The number of carbonyl (C=O) groups excluding carboxylic acids is 1. The second-order valence-electron chi connectivity index (χ2n) is 4.34. The highest BCUT2D eigenvalue weighted by molar-refractivity contribution is 5.91. The maximum absolute atomic E-state index is 12.3. The number of alkyl halides is 3. The fourth-order valence-corrected chi connectivity index (χ4v) is 1.96. The third-order valence-corrected chi connectivity index (χ3v) is 2.82. The Morgan fingerprint density at radius 2 is 1.84 bits per heavy atom. The molecular weight excluding hydrogens is 259 g/mol. The van der Waals surface area contributed by atoms with E-state index in [1.165, 1.54) is 0 Å². The minimum atomic E-state index is -4.43. The molecule has 0 fully saturated rings. The molecule has 0 saturated heterocycles. The van der Waals surface area contributed by atoms with E-state index in [4.69, 9.17) is 0 Å². The van der Waals surface area contributed by atoms with Crippen LogP contribution in [-0.4, -0.2) is 28.3 Å². The normalized spacial score (nSPS) is 19.8. The number of rotatable bonds is 3. The van der Waals surface area contributed by atoms with Crippen molar-refractivity contribution in [2.24, 2.45) is 0 Å². The van der Waals surface area contributed by atoms with Gasteiger partial charge in [-0.2, -0.15) is 13.2 Å². The smallest absolute Gasteiger partial charge is 0.369 e. The molecular formula is C13H12F3NO2. The molecule has 19 heavy (non-hydrogen) atoms. The summed E-state index contributed by atoms with van der Waals surface area (Å²) in [6.45, 7) is 0.0820. The second kappa shape index (κ2) is 5.05. The molecule has 3 nitrogen and oxygen atoms in total. The SMILES string of the molecule is O=C1C=C(CC(F)(F)F)C(O)N1Cc1ccccc1. The van der Waals surface area contributed by atoms with Gasteiger partial charge >= 0.3 is 6.18 Å². The van der Waals surface area contributed by atoms with Crippen LogP contribution in [0.2, 0.25) is 0 Å². The number of hydrogen-bond donors (Lipinski definition) is 1. The van der Waals surface area contributed by atoms with Crippen molar-refractivity contribution in [1.82, 2.24) is 4.90 Å². The molecule has 1 N–H and O–H groups in total. The van der Waals surface area contributed by atoms with Gasteiger partial charge < -0.3 is 10.0 Å². The Labute approximate surface area is 108 Å². The summed E-state index contributed by atoms with van der Waals surface area (Å²) in [6, 6.07) is 8.78. The van der Waals surface area contributed by atoms with Gasteiger partial charge in [0.2, 0.25) is 5.91 Å². The number of halogens is 3. The first-order valence-electron chi connectivity index (χ1n) is 5.66. The maximum Gasteiger partial charge on any atom is 0.392 e. The molecule has 1 heterocycles. The minimum Gasteiger partial charge on any atom is -0.369 e. The van der Waals surface area contributed by atoms with Crippen LogP contribution in [0, 0.1) is 0 Å². The lowest BCUT2D eigenvalue weighted by molar-refractivity contribution is -0.137. The van der Waals surface area contributed by atoms with Gasteiger partial charge in [0.1, 0.15) is 0 Å². The van der Waals surface area contributed by atoms with Crippen LogP contribution < -0.4 is 0 Å². The highest BCUT2D eigenvalue weighted by atomic mass is 19.4. The molecule has 1 aliphatic rings. The van der Waals surface area contributed by atoms with E-state index in [1.807, 2.05) is 0 Å². The Morgan fingerprint density at radius 1 is 1.21 bits per heavy atom. The van der Waals surface area contributed by atoms with Crippen molar-refractivity contribution in [1.29, 1.82) is 0 Å². The summed E-state index contributed by atoms with van der Waals surface area (Å²) in [7, 11) is 0. The lowest BCUT2D eigenvalue weighted by atomic mass is 10.1. The fourth-order valence-electron chi connectivity index (χ4n) is 1.96. The van der Waals surface area contributed by atoms with Gasteiger partial charge in [-0.3, -0.25) is 4.79 Å². The lowest BCUT2D eigenvalue weighted by Crippen LogP contribution is -2.35. The van der Waals surface area contributed by atoms with Crippen LogP contribution in [0.5, 0.6) is 0 Å². The number of nitrogens with zero attached hydrogens (tertiary/aromatic N) is 1. The molecule has 0 aliphatic carbocycles. The van der Waals surface area contributed by atoms with Gasteiger partial charge in [-0.15, -0.1) is 0 Å². The van der Waals surface area contributed by atoms with Gasteiger partial charge in [0.05, 0.1) is 6.42 Å². The molecule has 1 aliphatic heterocycles. The lowest BCUT2D eigenvalue weighted by Gasteiger charge is -2.23. The number of amides is 1. The number of benzene rings is 1. The van der Waals surface area contributed by atoms with Crippen LogP contribution in [0.1, 0.15) is 12.0 Å². The summed E-state index contributed by atoms with van der Waals surface area (Å²) in [4.78, 5) is 12.6. The molecule has 0 aromatic heterocycles. The Bertz CT molecular complexity index is 496. The standard InChI is InChI=1S/C13H12F3NO2/c14-13(15,16)7-10-6-11(18)17(12(10)19)8-9-4-2-1-3-5-9/h1-6,12,19H,7-8H2. The molecule has 1 atom stereocenters. The number of aliphatic hydroxyl groups is 1. The van der Waals surface area contributed by atoms with E-state index in [2.05, 4.69) is 0 Å². The van der Waals surface area contributed by atoms with Crippen molar-refractivity contribution >= 4 is 5.91 Å². The number of carbonyl (C=O) groups is 1. The second-order valence-corrected chi connectivity index (χ2v) is 4.34. The molecule has 1 amide bonds. The van der Waals surface area contributed by atoms with Crippen LogP contribution in [0.4, 0.5) is 13.2 Å². The van der Waals surface area contributed by atoms with Crippen molar-refractivity contribution < 1.29 is 23.1 Å². The van der Waals surface area contributed by atoms with E-state index in [0.717, 1.165) is 16.5 Å². The van der Waals surface area contributed by atoms with E-state index >= 15 is 0 Å². The third kappa shape index (κ3) is 3.35. The van der Waals surface area contributed by atoms with Gasteiger partial charge in [-0.05, 0) is 11.1 Å². The molecule has 102 valence electrons. The fraction of sp³-hybridized carbons (Fsp3) is 0.308. The van der Waals surface area contributed by atoms with Crippen molar-refractivity contribution in [3.63, 3.8) is 0 Å². The van der Waals surface area contributed by atoms with Crippen LogP contribution in [-0.2, 0) is 11.3 Å². The van der Waals surface area contributed by atoms with E-state index in [1.54, 1.807) is 30.3 Å². The quantitative estimate of drug-likeness (QED) is 0.915. The Hall–Kier alpha value is -1.82. The zero-order chi connectivity index (χ0) is 14.0.